The molecule has 21 heavy (non-hydrogen) atoms. The summed E-state index contributed by atoms with van der Waals surface area (Å²) in [7, 11) is 0. The standard InChI is InChI=1S/C14H14BrNO5/c1-8-4-9-6-11(21-13(9)10(15)5-8)14(19)16-2-3-20-7-12(17)18/h4-6H,2-3,7H2,1H3,(H,16,19)(H,17,18). The smallest absolute Gasteiger partial charge is 0.329 e. The first-order valence-electron chi connectivity index (χ1n) is 6.25. The largest absolute Gasteiger partial charge is 0.480 e. The summed E-state index contributed by atoms with van der Waals surface area (Å²) in [4.78, 5) is 22.2. The summed E-state index contributed by atoms with van der Waals surface area (Å²) in [6.45, 7) is 1.91. The molecule has 0 saturated heterocycles. The molecule has 2 aromatic rings. The molecule has 0 aliphatic carbocycles. The number of fused-ring (bicyclic) bond motifs is 1. The maximum absolute atomic E-state index is 11.9. The highest BCUT2D eigenvalue weighted by Crippen LogP contribution is 2.28. The minimum absolute atomic E-state index is 0.126. The fourth-order valence-electron chi connectivity index (χ4n) is 1.85. The van der Waals surface area contributed by atoms with Gasteiger partial charge in [-0.2, -0.15) is 0 Å². The number of aryl methyl sites for hydroxylation is 1. The SMILES string of the molecule is Cc1cc(Br)c2oc(C(=O)NCCOCC(=O)O)cc2c1. The molecule has 0 aliphatic heterocycles. The van der Waals surface area contributed by atoms with E-state index in [0.717, 1.165) is 15.4 Å². The topological polar surface area (TPSA) is 88.8 Å². The molecule has 0 atom stereocenters. The molecule has 0 saturated carbocycles. The molecule has 6 nitrogen and oxygen atoms in total. The van der Waals surface area contributed by atoms with Gasteiger partial charge in [-0.1, -0.05) is 0 Å². The van der Waals surface area contributed by atoms with Crippen molar-refractivity contribution >= 4 is 38.8 Å². The van der Waals surface area contributed by atoms with Crippen LogP contribution in [0.2, 0.25) is 0 Å². The van der Waals surface area contributed by atoms with Crippen LogP contribution in [0, 0.1) is 6.92 Å². The Bertz CT molecular complexity index is 679. The predicted molar refractivity (Wildman–Crippen MR) is 79.4 cm³/mol. The van der Waals surface area contributed by atoms with Crippen molar-refractivity contribution in [2.75, 3.05) is 19.8 Å². The van der Waals surface area contributed by atoms with E-state index in [-0.39, 0.29) is 31.4 Å². The van der Waals surface area contributed by atoms with Gasteiger partial charge in [0.1, 0.15) is 12.2 Å². The lowest BCUT2D eigenvalue weighted by Crippen LogP contribution is -2.27. The normalized spacial score (nSPS) is 10.8. The summed E-state index contributed by atoms with van der Waals surface area (Å²) in [5, 5.41) is 11.8. The summed E-state index contributed by atoms with van der Waals surface area (Å²) >= 11 is 3.40. The van der Waals surface area contributed by atoms with Gasteiger partial charge in [-0.3, -0.25) is 4.79 Å². The van der Waals surface area contributed by atoms with Crippen LogP contribution in [-0.2, 0) is 9.53 Å². The number of carbonyl (C=O) groups excluding carboxylic acids is 1. The number of aliphatic carboxylic acids is 1. The van der Waals surface area contributed by atoms with Crippen LogP contribution in [0.25, 0.3) is 11.0 Å². The lowest BCUT2D eigenvalue weighted by atomic mass is 10.2. The second-order valence-corrected chi connectivity index (χ2v) is 5.33. The number of halogens is 1. The number of amides is 1. The monoisotopic (exact) mass is 355 g/mol. The number of hydrogen-bond acceptors (Lipinski definition) is 4. The van der Waals surface area contributed by atoms with Crippen molar-refractivity contribution in [2.45, 2.75) is 6.92 Å². The first-order valence-corrected chi connectivity index (χ1v) is 7.04. The summed E-state index contributed by atoms with van der Waals surface area (Å²) in [6, 6.07) is 5.50. The fourth-order valence-corrected chi connectivity index (χ4v) is 2.52. The van der Waals surface area contributed by atoms with Gasteiger partial charge >= 0.3 is 5.97 Å². The average Bonchev–Trinajstić information content (AvgIpc) is 2.82. The molecule has 2 rings (SSSR count). The van der Waals surface area contributed by atoms with Gasteiger partial charge < -0.3 is 19.6 Å². The van der Waals surface area contributed by atoms with E-state index in [4.69, 9.17) is 14.3 Å². The Morgan fingerprint density at radius 3 is 2.86 bits per heavy atom. The van der Waals surface area contributed by atoms with Crippen LogP contribution in [0.4, 0.5) is 0 Å². The van der Waals surface area contributed by atoms with Crippen LogP contribution in [0.1, 0.15) is 16.1 Å². The zero-order valence-electron chi connectivity index (χ0n) is 11.3. The first kappa shape index (κ1) is 15.5. The molecular formula is C14H14BrNO5. The fraction of sp³-hybridized carbons (Fsp3) is 0.286. The maximum atomic E-state index is 11.9. The molecule has 0 unspecified atom stereocenters. The van der Waals surface area contributed by atoms with Crippen LogP contribution in [-0.4, -0.2) is 36.7 Å². The number of ether oxygens (including phenoxy) is 1. The number of benzene rings is 1. The Balaban J connectivity index is 1.97. The Labute approximate surface area is 129 Å². The third-order valence-electron chi connectivity index (χ3n) is 2.70. The van der Waals surface area contributed by atoms with Crippen molar-refractivity contribution in [3.63, 3.8) is 0 Å². The predicted octanol–water partition coefficient (Wildman–Crippen LogP) is 2.33. The van der Waals surface area contributed by atoms with E-state index >= 15 is 0 Å². The van der Waals surface area contributed by atoms with Crippen molar-refractivity contribution in [1.29, 1.82) is 0 Å². The molecule has 2 N–H and O–H groups in total. The number of carboxylic acid groups (broad SMARTS) is 1. The average molecular weight is 356 g/mol. The number of hydrogen-bond donors (Lipinski definition) is 2. The number of nitrogens with one attached hydrogen (secondary N) is 1. The molecule has 7 heteroatoms. The zero-order valence-corrected chi connectivity index (χ0v) is 12.9. The molecule has 0 fully saturated rings. The molecule has 0 spiro atoms. The molecule has 1 amide bonds. The van der Waals surface area contributed by atoms with E-state index in [1.807, 2.05) is 19.1 Å². The second-order valence-electron chi connectivity index (χ2n) is 4.48. The van der Waals surface area contributed by atoms with E-state index in [1.165, 1.54) is 0 Å². The lowest BCUT2D eigenvalue weighted by Gasteiger charge is -2.02. The molecule has 0 radical (unpaired) electrons. The highest BCUT2D eigenvalue weighted by molar-refractivity contribution is 9.10. The Morgan fingerprint density at radius 2 is 2.14 bits per heavy atom. The van der Waals surface area contributed by atoms with Gasteiger partial charge in [0.25, 0.3) is 5.91 Å². The molecule has 1 heterocycles. The van der Waals surface area contributed by atoms with E-state index in [9.17, 15) is 9.59 Å². The van der Waals surface area contributed by atoms with E-state index in [0.29, 0.717) is 5.58 Å². The zero-order chi connectivity index (χ0) is 15.4. The first-order chi connectivity index (χ1) is 9.97. The third kappa shape index (κ3) is 4.05. The highest BCUT2D eigenvalue weighted by Gasteiger charge is 2.13. The van der Waals surface area contributed by atoms with E-state index < -0.39 is 5.97 Å². The number of furan rings is 1. The third-order valence-corrected chi connectivity index (χ3v) is 3.29. The van der Waals surface area contributed by atoms with Crippen LogP contribution < -0.4 is 5.32 Å². The minimum atomic E-state index is -1.04. The van der Waals surface area contributed by atoms with Crippen molar-refractivity contribution in [3.05, 3.63) is 34.0 Å². The summed E-state index contributed by atoms with van der Waals surface area (Å²) < 4.78 is 11.1. The summed E-state index contributed by atoms with van der Waals surface area (Å²) in [5.41, 5.74) is 1.68. The number of carboxylic acids is 1. The van der Waals surface area contributed by atoms with Crippen LogP contribution >= 0.6 is 15.9 Å². The maximum Gasteiger partial charge on any atom is 0.329 e. The molecule has 112 valence electrons. The van der Waals surface area contributed by atoms with E-state index in [2.05, 4.69) is 21.2 Å². The van der Waals surface area contributed by atoms with Crippen molar-refractivity contribution in [3.8, 4) is 0 Å². The molecule has 0 bridgehead atoms. The van der Waals surface area contributed by atoms with Crippen molar-refractivity contribution in [2.24, 2.45) is 0 Å². The second kappa shape index (κ2) is 6.73. The number of rotatable bonds is 6. The van der Waals surface area contributed by atoms with Crippen molar-refractivity contribution < 1.29 is 23.8 Å². The van der Waals surface area contributed by atoms with Gasteiger partial charge in [-0.15, -0.1) is 0 Å². The van der Waals surface area contributed by atoms with Crippen molar-refractivity contribution in [1.82, 2.24) is 5.32 Å². The number of carbonyl (C=O) groups is 2. The highest BCUT2D eigenvalue weighted by atomic mass is 79.9. The van der Waals surface area contributed by atoms with Gasteiger partial charge in [-0.25, -0.2) is 4.79 Å². The molecular weight excluding hydrogens is 342 g/mol. The van der Waals surface area contributed by atoms with Gasteiger partial charge in [0.2, 0.25) is 0 Å². The summed E-state index contributed by atoms with van der Waals surface area (Å²) in [6.07, 6.45) is 0. The van der Waals surface area contributed by atoms with E-state index in [1.54, 1.807) is 6.07 Å². The minimum Gasteiger partial charge on any atom is -0.480 e. The van der Waals surface area contributed by atoms with Crippen LogP contribution in [0.5, 0.6) is 0 Å². The summed E-state index contributed by atoms with van der Waals surface area (Å²) in [5.74, 6) is -1.21. The Kier molecular flexibility index (Phi) is 4.98. The quantitative estimate of drug-likeness (QED) is 0.776. The molecule has 0 aliphatic rings. The Morgan fingerprint density at radius 1 is 1.38 bits per heavy atom. The lowest BCUT2D eigenvalue weighted by molar-refractivity contribution is -0.142. The van der Waals surface area contributed by atoms with Gasteiger partial charge in [0.05, 0.1) is 11.1 Å². The van der Waals surface area contributed by atoms with Gasteiger partial charge in [0.15, 0.2) is 5.76 Å². The molecule has 1 aromatic heterocycles. The van der Waals surface area contributed by atoms with Gasteiger partial charge in [-0.05, 0) is 46.6 Å². The van der Waals surface area contributed by atoms with Gasteiger partial charge in [0, 0.05) is 11.9 Å². The Hall–Kier alpha value is -1.86. The van der Waals surface area contributed by atoms with Crippen LogP contribution in [0.3, 0.4) is 0 Å². The van der Waals surface area contributed by atoms with Crippen LogP contribution in [0.15, 0.2) is 27.1 Å². The molecule has 1 aromatic carbocycles.